The van der Waals surface area contributed by atoms with E-state index in [0.29, 0.717) is 5.82 Å². The van der Waals surface area contributed by atoms with Crippen molar-refractivity contribution in [2.75, 3.05) is 0 Å². The van der Waals surface area contributed by atoms with Crippen molar-refractivity contribution in [1.29, 1.82) is 0 Å². The molecule has 0 radical (unpaired) electrons. The van der Waals surface area contributed by atoms with E-state index in [1.54, 1.807) is 0 Å². The quantitative estimate of drug-likeness (QED) is 0.747. The highest BCUT2D eigenvalue weighted by Crippen LogP contribution is 2.08. The zero-order valence-corrected chi connectivity index (χ0v) is 7.75. The van der Waals surface area contributed by atoms with E-state index < -0.39 is 0 Å². The van der Waals surface area contributed by atoms with Gasteiger partial charge < -0.3 is 5.11 Å². The second-order valence-corrected chi connectivity index (χ2v) is 3.00. The first-order valence-corrected chi connectivity index (χ1v) is 4.26. The number of aliphatic hydroxyl groups excluding tert-OH is 1. The average Bonchev–Trinajstić information content (AvgIpc) is 2.67. The molecule has 0 amide bonds. The molecule has 1 heterocycles. The van der Waals surface area contributed by atoms with E-state index in [4.69, 9.17) is 5.11 Å². The smallest absolute Gasteiger partial charge is 0.182 e. The van der Waals surface area contributed by atoms with Gasteiger partial charge in [0.25, 0.3) is 0 Å². The fourth-order valence-electron chi connectivity index (χ4n) is 1.19. The van der Waals surface area contributed by atoms with E-state index in [2.05, 4.69) is 15.5 Å². The van der Waals surface area contributed by atoms with Crippen LogP contribution in [0.25, 0.3) is 5.69 Å². The number of rotatable bonds is 2. The topological polar surface area (TPSA) is 63.8 Å². The van der Waals surface area contributed by atoms with Gasteiger partial charge in [0, 0.05) is 0 Å². The van der Waals surface area contributed by atoms with Gasteiger partial charge in [-0.1, -0.05) is 17.7 Å². The molecule has 2 rings (SSSR count). The lowest BCUT2D eigenvalue weighted by atomic mass is 10.2. The number of benzene rings is 1. The molecule has 1 aromatic heterocycles. The zero-order valence-electron chi connectivity index (χ0n) is 7.75. The Bertz CT molecular complexity index is 421. The summed E-state index contributed by atoms with van der Waals surface area (Å²) in [6.07, 6.45) is 0. The molecule has 0 spiro atoms. The van der Waals surface area contributed by atoms with Crippen LogP contribution < -0.4 is 0 Å². The Balaban J connectivity index is 2.44. The van der Waals surface area contributed by atoms with E-state index in [0.717, 1.165) is 5.69 Å². The van der Waals surface area contributed by atoms with Gasteiger partial charge in [-0.3, -0.25) is 0 Å². The lowest BCUT2D eigenvalue weighted by Gasteiger charge is -2.02. The summed E-state index contributed by atoms with van der Waals surface area (Å²) in [4.78, 5) is 0. The van der Waals surface area contributed by atoms with E-state index in [1.807, 2.05) is 31.2 Å². The first-order chi connectivity index (χ1) is 6.81. The maximum Gasteiger partial charge on any atom is 0.182 e. The Morgan fingerprint density at radius 1 is 1.29 bits per heavy atom. The second kappa shape index (κ2) is 3.55. The largest absolute Gasteiger partial charge is 0.388 e. The van der Waals surface area contributed by atoms with Gasteiger partial charge in [0.1, 0.15) is 6.61 Å². The molecule has 0 unspecified atom stereocenters. The predicted molar refractivity (Wildman–Crippen MR) is 49.8 cm³/mol. The fraction of sp³-hybridized carbons (Fsp3) is 0.222. The highest BCUT2D eigenvalue weighted by Gasteiger charge is 2.05. The molecule has 2 aromatic rings. The summed E-state index contributed by atoms with van der Waals surface area (Å²) in [5.74, 6) is 0.439. The molecule has 1 N–H and O–H groups in total. The highest BCUT2D eigenvalue weighted by molar-refractivity contribution is 5.33. The Morgan fingerprint density at radius 2 is 2.00 bits per heavy atom. The minimum atomic E-state index is -0.166. The van der Waals surface area contributed by atoms with Gasteiger partial charge in [-0.25, -0.2) is 0 Å². The summed E-state index contributed by atoms with van der Waals surface area (Å²) in [5.41, 5.74) is 2.03. The Kier molecular flexibility index (Phi) is 2.24. The molecule has 0 aliphatic carbocycles. The summed E-state index contributed by atoms with van der Waals surface area (Å²) in [7, 11) is 0. The third kappa shape index (κ3) is 1.49. The minimum absolute atomic E-state index is 0.166. The number of hydrogen-bond acceptors (Lipinski definition) is 4. The number of aromatic nitrogens is 4. The molecule has 1 aromatic carbocycles. The molecule has 0 saturated heterocycles. The Hall–Kier alpha value is -1.75. The number of aryl methyl sites for hydroxylation is 1. The molecule has 5 nitrogen and oxygen atoms in total. The normalized spacial score (nSPS) is 10.4. The van der Waals surface area contributed by atoms with Gasteiger partial charge in [-0.05, 0) is 29.5 Å². The second-order valence-electron chi connectivity index (χ2n) is 3.00. The summed E-state index contributed by atoms with van der Waals surface area (Å²) < 4.78 is 1.51. The first-order valence-electron chi connectivity index (χ1n) is 4.26. The zero-order chi connectivity index (χ0) is 9.97. The van der Waals surface area contributed by atoms with Gasteiger partial charge in [0.2, 0.25) is 0 Å². The maximum absolute atomic E-state index is 8.96. The molecule has 72 valence electrons. The summed E-state index contributed by atoms with van der Waals surface area (Å²) in [6.45, 7) is 1.84. The van der Waals surface area contributed by atoms with E-state index in [-0.39, 0.29) is 6.61 Å². The average molecular weight is 190 g/mol. The van der Waals surface area contributed by atoms with Crippen LogP contribution in [-0.4, -0.2) is 25.3 Å². The van der Waals surface area contributed by atoms with Crippen LogP contribution in [-0.2, 0) is 6.61 Å². The lowest BCUT2D eigenvalue weighted by Crippen LogP contribution is -2.02. The van der Waals surface area contributed by atoms with Crippen LogP contribution in [0.1, 0.15) is 11.4 Å². The van der Waals surface area contributed by atoms with Crippen LogP contribution in [0.3, 0.4) is 0 Å². The summed E-state index contributed by atoms with van der Waals surface area (Å²) in [5, 5.41) is 19.9. The first kappa shape index (κ1) is 8.83. The Labute approximate surface area is 81.0 Å². The number of aliphatic hydroxyl groups is 1. The third-order valence-corrected chi connectivity index (χ3v) is 1.95. The van der Waals surface area contributed by atoms with E-state index >= 15 is 0 Å². The maximum atomic E-state index is 8.96. The van der Waals surface area contributed by atoms with Gasteiger partial charge in [0.15, 0.2) is 5.82 Å². The van der Waals surface area contributed by atoms with Crippen molar-refractivity contribution in [2.45, 2.75) is 13.5 Å². The molecule has 0 fully saturated rings. The van der Waals surface area contributed by atoms with Crippen LogP contribution in [0.4, 0.5) is 0 Å². The molecule has 0 saturated carbocycles. The number of nitrogens with zero attached hydrogens (tertiary/aromatic N) is 4. The van der Waals surface area contributed by atoms with Crippen LogP contribution >= 0.6 is 0 Å². The van der Waals surface area contributed by atoms with Crippen LogP contribution in [0.2, 0.25) is 0 Å². The van der Waals surface area contributed by atoms with E-state index in [1.165, 1.54) is 10.2 Å². The monoisotopic (exact) mass is 190 g/mol. The number of tetrazole rings is 1. The number of hydrogen-bond donors (Lipinski definition) is 1. The highest BCUT2D eigenvalue weighted by atomic mass is 16.3. The van der Waals surface area contributed by atoms with Crippen molar-refractivity contribution in [3.8, 4) is 5.69 Å². The lowest BCUT2D eigenvalue weighted by molar-refractivity contribution is 0.268. The van der Waals surface area contributed by atoms with Crippen molar-refractivity contribution in [2.24, 2.45) is 0 Å². The molecule has 5 heteroatoms. The molecule has 0 aliphatic heterocycles. The van der Waals surface area contributed by atoms with Gasteiger partial charge in [0.05, 0.1) is 5.69 Å². The van der Waals surface area contributed by atoms with Crippen molar-refractivity contribution < 1.29 is 5.11 Å². The molecule has 0 atom stereocenters. The van der Waals surface area contributed by atoms with Crippen molar-refractivity contribution in [3.05, 3.63) is 35.7 Å². The van der Waals surface area contributed by atoms with Gasteiger partial charge in [-0.15, -0.1) is 5.10 Å². The summed E-state index contributed by atoms with van der Waals surface area (Å²) >= 11 is 0. The predicted octanol–water partition coefficient (Wildman–Crippen LogP) is 0.463. The summed E-state index contributed by atoms with van der Waals surface area (Å²) in [6, 6.07) is 7.76. The molecular formula is C9H10N4O. The molecule has 0 bridgehead atoms. The molecule has 14 heavy (non-hydrogen) atoms. The van der Waals surface area contributed by atoms with Gasteiger partial charge in [-0.2, -0.15) is 4.68 Å². The fourth-order valence-corrected chi connectivity index (χ4v) is 1.19. The van der Waals surface area contributed by atoms with Gasteiger partial charge >= 0.3 is 0 Å². The Morgan fingerprint density at radius 3 is 2.64 bits per heavy atom. The van der Waals surface area contributed by atoms with Crippen molar-refractivity contribution in [1.82, 2.24) is 20.2 Å². The standard InChI is InChI=1S/C9H10N4O/c1-7-2-4-8(5-3-7)13-9(6-14)10-11-12-13/h2-5,14H,6H2,1H3. The van der Waals surface area contributed by atoms with E-state index in [9.17, 15) is 0 Å². The minimum Gasteiger partial charge on any atom is -0.388 e. The van der Waals surface area contributed by atoms with Crippen molar-refractivity contribution in [3.63, 3.8) is 0 Å². The van der Waals surface area contributed by atoms with Crippen molar-refractivity contribution >= 4 is 0 Å². The SMILES string of the molecule is Cc1ccc(-n2nnnc2CO)cc1. The molecule has 0 aliphatic rings. The third-order valence-electron chi connectivity index (χ3n) is 1.95. The van der Waals surface area contributed by atoms with Crippen LogP contribution in [0, 0.1) is 6.92 Å². The molecular weight excluding hydrogens is 180 g/mol. The van der Waals surface area contributed by atoms with Crippen LogP contribution in [0.5, 0.6) is 0 Å². The van der Waals surface area contributed by atoms with Crippen LogP contribution in [0.15, 0.2) is 24.3 Å².